The van der Waals surface area contributed by atoms with Crippen molar-refractivity contribution in [1.29, 1.82) is 0 Å². The van der Waals surface area contributed by atoms with Crippen LogP contribution < -0.4 is 0 Å². The molecule has 0 aromatic carbocycles. The largest absolute Gasteiger partial charge is 0.248 e. The molecule has 0 spiro atoms. The molecule has 3 heterocycles. The van der Waals surface area contributed by atoms with E-state index >= 15 is 0 Å². The maximum atomic E-state index is 4.91. The van der Waals surface area contributed by atoms with Crippen LogP contribution in [0.5, 0.6) is 0 Å². The standard InChI is InChI=1S/C15H23NS2/c1-2-9-17(8-1)12-14-6-5-7-15(16-14)13-18-10-3-4-11-18/h5-7H,1-4,8-13H2/q+2. The van der Waals surface area contributed by atoms with Crippen LogP contribution in [0.2, 0.25) is 0 Å². The van der Waals surface area contributed by atoms with E-state index < -0.39 is 0 Å². The van der Waals surface area contributed by atoms with E-state index in [1.807, 2.05) is 0 Å². The van der Waals surface area contributed by atoms with Crippen molar-refractivity contribution in [1.82, 2.24) is 4.98 Å². The second-order valence-electron chi connectivity index (χ2n) is 5.36. The average Bonchev–Trinajstić information content (AvgIpc) is 3.03. The van der Waals surface area contributed by atoms with Crippen LogP contribution in [0.4, 0.5) is 0 Å². The summed E-state index contributed by atoms with van der Waals surface area (Å²) in [7, 11) is 1.30. The fraction of sp³-hybridized carbons (Fsp3) is 0.667. The number of pyridine rings is 1. The first-order valence-corrected chi connectivity index (χ1v) is 10.6. The van der Waals surface area contributed by atoms with Crippen molar-refractivity contribution < 1.29 is 0 Å². The number of nitrogens with zero attached hydrogens (tertiary/aromatic N) is 1. The van der Waals surface area contributed by atoms with Crippen molar-refractivity contribution in [3.63, 3.8) is 0 Å². The molecule has 2 aliphatic rings. The number of hydrogen-bond donors (Lipinski definition) is 0. The Morgan fingerprint density at radius 2 is 1.22 bits per heavy atom. The van der Waals surface area contributed by atoms with Crippen LogP contribution in [0.25, 0.3) is 0 Å². The minimum absolute atomic E-state index is 0.649. The van der Waals surface area contributed by atoms with E-state index in [1.54, 1.807) is 0 Å². The molecular formula is C15H23NS2+2. The van der Waals surface area contributed by atoms with E-state index in [0.717, 1.165) is 0 Å². The Labute approximate surface area is 116 Å². The Morgan fingerprint density at radius 1 is 0.778 bits per heavy atom. The lowest BCUT2D eigenvalue weighted by molar-refractivity contribution is 0.949. The minimum Gasteiger partial charge on any atom is -0.248 e. The highest BCUT2D eigenvalue weighted by Gasteiger charge is 2.26. The zero-order valence-corrected chi connectivity index (χ0v) is 12.7. The number of aromatic nitrogens is 1. The molecule has 1 nitrogen and oxygen atoms in total. The second kappa shape index (κ2) is 6.33. The van der Waals surface area contributed by atoms with Gasteiger partial charge in [-0.05, 0) is 59.6 Å². The molecule has 3 rings (SSSR count). The Bertz CT molecular complexity index is 349. The Hall–Kier alpha value is -0.150. The predicted molar refractivity (Wildman–Crippen MR) is 84.3 cm³/mol. The van der Waals surface area contributed by atoms with Crippen LogP contribution in [0.1, 0.15) is 37.1 Å². The average molecular weight is 281 g/mol. The van der Waals surface area contributed by atoms with E-state index in [4.69, 9.17) is 4.98 Å². The van der Waals surface area contributed by atoms with Crippen molar-refractivity contribution >= 4 is 21.8 Å². The van der Waals surface area contributed by atoms with Gasteiger partial charge in [-0.3, -0.25) is 0 Å². The fourth-order valence-corrected chi connectivity index (χ4v) is 7.42. The molecule has 18 heavy (non-hydrogen) atoms. The molecule has 2 aliphatic heterocycles. The molecule has 0 N–H and O–H groups in total. The summed E-state index contributed by atoms with van der Waals surface area (Å²) in [5, 5.41) is 0. The van der Waals surface area contributed by atoms with Gasteiger partial charge >= 0.3 is 0 Å². The summed E-state index contributed by atoms with van der Waals surface area (Å²) < 4.78 is 0. The van der Waals surface area contributed by atoms with Gasteiger partial charge in [-0.2, -0.15) is 0 Å². The molecule has 2 fully saturated rings. The first kappa shape index (κ1) is 12.9. The molecule has 2 saturated heterocycles. The molecule has 0 radical (unpaired) electrons. The van der Waals surface area contributed by atoms with Crippen LogP contribution in [0, 0.1) is 0 Å². The smallest absolute Gasteiger partial charge is 0.150 e. The Morgan fingerprint density at radius 3 is 1.67 bits per heavy atom. The van der Waals surface area contributed by atoms with E-state index in [2.05, 4.69) is 18.2 Å². The summed E-state index contributed by atoms with van der Waals surface area (Å²) >= 11 is 0. The van der Waals surface area contributed by atoms with Gasteiger partial charge in [0.15, 0.2) is 0 Å². The fourth-order valence-electron chi connectivity index (χ4n) is 2.83. The molecule has 0 unspecified atom stereocenters. The highest BCUT2D eigenvalue weighted by Crippen LogP contribution is 2.20. The van der Waals surface area contributed by atoms with E-state index in [0.29, 0.717) is 21.8 Å². The lowest BCUT2D eigenvalue weighted by Crippen LogP contribution is -2.11. The van der Waals surface area contributed by atoms with Crippen LogP contribution >= 0.6 is 0 Å². The topological polar surface area (TPSA) is 12.9 Å². The molecule has 1 aromatic rings. The molecular weight excluding hydrogens is 258 g/mol. The number of hydrogen-bond acceptors (Lipinski definition) is 1. The van der Waals surface area contributed by atoms with E-state index in [9.17, 15) is 0 Å². The van der Waals surface area contributed by atoms with Gasteiger partial charge in [-0.25, -0.2) is 4.98 Å². The van der Waals surface area contributed by atoms with Gasteiger partial charge in [-0.1, -0.05) is 6.07 Å². The van der Waals surface area contributed by atoms with Crippen LogP contribution in [0.15, 0.2) is 18.2 Å². The molecule has 0 atom stereocenters. The third kappa shape index (κ3) is 3.45. The van der Waals surface area contributed by atoms with Crippen LogP contribution in [0.3, 0.4) is 0 Å². The maximum Gasteiger partial charge on any atom is 0.150 e. The van der Waals surface area contributed by atoms with E-state index in [-0.39, 0.29) is 0 Å². The van der Waals surface area contributed by atoms with Gasteiger partial charge in [0.2, 0.25) is 0 Å². The summed E-state index contributed by atoms with van der Waals surface area (Å²) in [6.45, 7) is 0. The molecule has 0 aliphatic carbocycles. The Balaban J connectivity index is 1.60. The van der Waals surface area contributed by atoms with Crippen molar-refractivity contribution in [2.45, 2.75) is 37.2 Å². The second-order valence-corrected chi connectivity index (χ2v) is 10.0. The third-order valence-corrected chi connectivity index (χ3v) is 8.67. The highest BCUT2D eigenvalue weighted by molar-refractivity contribution is 7.96. The van der Waals surface area contributed by atoms with Gasteiger partial charge in [0, 0.05) is 0 Å². The summed E-state index contributed by atoms with van der Waals surface area (Å²) in [5.41, 5.74) is 2.72. The summed E-state index contributed by atoms with van der Waals surface area (Å²) in [6.07, 6.45) is 5.80. The van der Waals surface area contributed by atoms with Gasteiger partial charge in [0.1, 0.15) is 34.5 Å². The molecule has 0 amide bonds. The lowest BCUT2D eigenvalue weighted by atomic mass is 10.3. The normalized spacial score (nSPS) is 21.8. The third-order valence-electron chi connectivity index (χ3n) is 3.80. The van der Waals surface area contributed by atoms with Crippen molar-refractivity contribution in [3.05, 3.63) is 29.6 Å². The maximum absolute atomic E-state index is 4.91. The zero-order chi connectivity index (χ0) is 12.2. The lowest BCUT2D eigenvalue weighted by Gasteiger charge is -2.04. The van der Waals surface area contributed by atoms with Crippen LogP contribution in [-0.2, 0) is 33.3 Å². The number of rotatable bonds is 4. The van der Waals surface area contributed by atoms with Gasteiger partial charge in [-0.15, -0.1) is 0 Å². The molecule has 98 valence electrons. The van der Waals surface area contributed by atoms with Crippen LogP contribution in [-0.4, -0.2) is 28.0 Å². The first-order valence-electron chi connectivity index (χ1n) is 7.13. The first-order chi connectivity index (χ1) is 8.90. The van der Waals surface area contributed by atoms with Crippen molar-refractivity contribution in [2.24, 2.45) is 0 Å². The SMILES string of the molecule is c1cc(C[S+]2CCCC2)nc(C[S+]2CCCC2)c1. The quantitative estimate of drug-likeness (QED) is 0.773. The van der Waals surface area contributed by atoms with Crippen molar-refractivity contribution in [3.8, 4) is 0 Å². The van der Waals surface area contributed by atoms with Gasteiger partial charge in [0.25, 0.3) is 0 Å². The summed E-state index contributed by atoms with van der Waals surface area (Å²) in [6, 6.07) is 6.72. The Kier molecular flexibility index (Phi) is 4.53. The summed E-state index contributed by atoms with van der Waals surface area (Å²) in [4.78, 5) is 4.91. The monoisotopic (exact) mass is 281 g/mol. The molecule has 3 heteroatoms. The molecule has 1 aromatic heterocycles. The highest BCUT2D eigenvalue weighted by atomic mass is 32.2. The molecule has 0 saturated carbocycles. The van der Waals surface area contributed by atoms with Gasteiger partial charge < -0.3 is 0 Å². The minimum atomic E-state index is 0.649. The summed E-state index contributed by atoms with van der Waals surface area (Å²) in [5.74, 6) is 8.32. The van der Waals surface area contributed by atoms with Crippen molar-refractivity contribution in [2.75, 3.05) is 23.0 Å². The van der Waals surface area contributed by atoms with E-state index in [1.165, 1.54) is 71.6 Å². The van der Waals surface area contributed by atoms with Gasteiger partial charge in [0.05, 0.1) is 11.4 Å². The zero-order valence-electron chi connectivity index (χ0n) is 11.1. The molecule has 0 bridgehead atoms. The predicted octanol–water partition coefficient (Wildman–Crippen LogP) is 2.91.